The van der Waals surface area contributed by atoms with Gasteiger partial charge in [-0.3, -0.25) is 0 Å². The van der Waals surface area contributed by atoms with Gasteiger partial charge in [0.2, 0.25) is 0 Å². The zero-order valence-corrected chi connectivity index (χ0v) is 6.32. The standard InChI is InChI=1S/C7H16O3/c1-2-3-6(9)7(10)4-5-8/h6-10H,2-5H2,1H3. The van der Waals surface area contributed by atoms with Crippen molar-refractivity contribution < 1.29 is 15.3 Å². The minimum atomic E-state index is -0.759. The van der Waals surface area contributed by atoms with Crippen molar-refractivity contribution in [3.8, 4) is 0 Å². The van der Waals surface area contributed by atoms with Crippen LogP contribution >= 0.6 is 0 Å². The number of hydrogen-bond acceptors (Lipinski definition) is 3. The molecule has 0 saturated carbocycles. The molecule has 0 aliphatic rings. The smallest absolute Gasteiger partial charge is 0.0820 e. The summed E-state index contributed by atoms with van der Waals surface area (Å²) in [5.41, 5.74) is 0. The van der Waals surface area contributed by atoms with Crippen LogP contribution in [0.15, 0.2) is 0 Å². The molecule has 0 amide bonds. The summed E-state index contributed by atoms with van der Waals surface area (Å²) in [6.07, 6.45) is 0.286. The van der Waals surface area contributed by atoms with E-state index in [1.807, 2.05) is 6.92 Å². The Morgan fingerprint density at radius 2 is 1.60 bits per heavy atom. The van der Waals surface area contributed by atoms with Crippen LogP contribution in [-0.4, -0.2) is 34.1 Å². The molecule has 10 heavy (non-hydrogen) atoms. The molecule has 0 heterocycles. The maximum atomic E-state index is 9.09. The molecule has 2 atom stereocenters. The van der Waals surface area contributed by atoms with Gasteiger partial charge in [0.25, 0.3) is 0 Å². The Morgan fingerprint density at radius 1 is 1.10 bits per heavy atom. The van der Waals surface area contributed by atoms with Gasteiger partial charge in [0.05, 0.1) is 12.2 Å². The highest BCUT2D eigenvalue weighted by molar-refractivity contribution is 4.65. The van der Waals surface area contributed by atoms with Crippen LogP contribution in [0.5, 0.6) is 0 Å². The molecule has 0 fully saturated rings. The fourth-order valence-electron chi connectivity index (χ4n) is 0.813. The Labute approximate surface area is 61.3 Å². The predicted octanol–water partition coefficient (Wildman–Crippen LogP) is -0.109. The molecule has 0 aromatic carbocycles. The van der Waals surface area contributed by atoms with Crippen LogP contribution in [0.1, 0.15) is 26.2 Å². The highest BCUT2D eigenvalue weighted by atomic mass is 16.3. The Hall–Kier alpha value is -0.120. The highest BCUT2D eigenvalue weighted by Crippen LogP contribution is 2.04. The fraction of sp³-hybridized carbons (Fsp3) is 1.00. The normalized spacial score (nSPS) is 16.8. The van der Waals surface area contributed by atoms with Crippen molar-refractivity contribution in [3.63, 3.8) is 0 Å². The van der Waals surface area contributed by atoms with Crippen LogP contribution < -0.4 is 0 Å². The minimum absolute atomic E-state index is 0.0675. The summed E-state index contributed by atoms with van der Waals surface area (Å²) < 4.78 is 0. The second kappa shape index (κ2) is 5.65. The van der Waals surface area contributed by atoms with Gasteiger partial charge in [0, 0.05) is 6.61 Å². The molecule has 62 valence electrons. The molecule has 0 saturated heterocycles. The summed E-state index contributed by atoms with van der Waals surface area (Å²) in [7, 11) is 0. The molecule has 0 spiro atoms. The average Bonchev–Trinajstić information content (AvgIpc) is 1.89. The first-order valence-corrected chi connectivity index (χ1v) is 3.69. The molecule has 0 radical (unpaired) electrons. The minimum Gasteiger partial charge on any atom is -0.396 e. The van der Waals surface area contributed by atoms with Gasteiger partial charge in [-0.05, 0) is 12.8 Å². The van der Waals surface area contributed by atoms with E-state index in [4.69, 9.17) is 15.3 Å². The maximum Gasteiger partial charge on any atom is 0.0820 e. The SMILES string of the molecule is CCCC(O)C(O)CCO. The Balaban J connectivity index is 3.38. The van der Waals surface area contributed by atoms with Crippen LogP contribution in [0.3, 0.4) is 0 Å². The van der Waals surface area contributed by atoms with Gasteiger partial charge in [0.1, 0.15) is 0 Å². The van der Waals surface area contributed by atoms with Crippen LogP contribution in [0.2, 0.25) is 0 Å². The van der Waals surface area contributed by atoms with Crippen molar-refractivity contribution in [2.45, 2.75) is 38.4 Å². The van der Waals surface area contributed by atoms with E-state index in [0.717, 1.165) is 6.42 Å². The number of hydrogen-bond donors (Lipinski definition) is 3. The molecule has 0 bridgehead atoms. The number of aliphatic hydroxyl groups excluding tert-OH is 3. The molecular weight excluding hydrogens is 132 g/mol. The first-order valence-electron chi connectivity index (χ1n) is 3.69. The van der Waals surface area contributed by atoms with Crippen LogP contribution in [0.4, 0.5) is 0 Å². The monoisotopic (exact) mass is 148 g/mol. The third-order valence-corrected chi connectivity index (χ3v) is 1.45. The van der Waals surface area contributed by atoms with E-state index < -0.39 is 12.2 Å². The Morgan fingerprint density at radius 3 is 2.00 bits per heavy atom. The molecule has 0 aromatic heterocycles. The largest absolute Gasteiger partial charge is 0.396 e. The third-order valence-electron chi connectivity index (χ3n) is 1.45. The second-order valence-electron chi connectivity index (χ2n) is 2.44. The van der Waals surface area contributed by atoms with Gasteiger partial charge in [-0.1, -0.05) is 13.3 Å². The van der Waals surface area contributed by atoms with E-state index in [2.05, 4.69) is 0 Å². The van der Waals surface area contributed by atoms with Gasteiger partial charge in [0.15, 0.2) is 0 Å². The predicted molar refractivity (Wildman–Crippen MR) is 38.6 cm³/mol. The lowest BCUT2D eigenvalue weighted by Crippen LogP contribution is -2.26. The molecule has 0 aromatic rings. The molecule has 0 aliphatic heterocycles. The van der Waals surface area contributed by atoms with Crippen molar-refractivity contribution >= 4 is 0 Å². The topological polar surface area (TPSA) is 60.7 Å². The average molecular weight is 148 g/mol. The summed E-state index contributed by atoms with van der Waals surface area (Å²) in [6, 6.07) is 0. The zero-order chi connectivity index (χ0) is 7.98. The third kappa shape index (κ3) is 3.82. The molecule has 3 N–H and O–H groups in total. The van der Waals surface area contributed by atoms with Gasteiger partial charge >= 0.3 is 0 Å². The maximum absolute atomic E-state index is 9.09. The van der Waals surface area contributed by atoms with Crippen molar-refractivity contribution in [2.75, 3.05) is 6.61 Å². The van der Waals surface area contributed by atoms with E-state index >= 15 is 0 Å². The summed E-state index contributed by atoms with van der Waals surface area (Å²) >= 11 is 0. The van der Waals surface area contributed by atoms with E-state index in [1.165, 1.54) is 0 Å². The lowest BCUT2D eigenvalue weighted by Gasteiger charge is -2.15. The van der Waals surface area contributed by atoms with Gasteiger partial charge in [-0.2, -0.15) is 0 Å². The van der Waals surface area contributed by atoms with Crippen LogP contribution in [0.25, 0.3) is 0 Å². The summed E-state index contributed by atoms with van der Waals surface area (Å²) in [5, 5.41) is 26.5. The van der Waals surface area contributed by atoms with Crippen molar-refractivity contribution in [2.24, 2.45) is 0 Å². The Kier molecular flexibility index (Phi) is 5.58. The zero-order valence-electron chi connectivity index (χ0n) is 6.32. The van der Waals surface area contributed by atoms with Crippen molar-refractivity contribution in [3.05, 3.63) is 0 Å². The van der Waals surface area contributed by atoms with E-state index in [1.54, 1.807) is 0 Å². The molecular formula is C7H16O3. The lowest BCUT2D eigenvalue weighted by atomic mass is 10.1. The summed E-state index contributed by atoms with van der Waals surface area (Å²) in [4.78, 5) is 0. The molecule has 3 heteroatoms. The van der Waals surface area contributed by atoms with Gasteiger partial charge in [-0.15, -0.1) is 0 Å². The number of aliphatic hydroxyl groups is 3. The second-order valence-corrected chi connectivity index (χ2v) is 2.44. The summed E-state index contributed by atoms with van der Waals surface area (Å²) in [5.74, 6) is 0. The van der Waals surface area contributed by atoms with E-state index in [0.29, 0.717) is 6.42 Å². The van der Waals surface area contributed by atoms with Crippen LogP contribution in [-0.2, 0) is 0 Å². The molecule has 3 nitrogen and oxygen atoms in total. The molecule has 2 unspecified atom stereocenters. The quantitative estimate of drug-likeness (QED) is 0.510. The molecule has 0 rings (SSSR count). The molecule has 0 aliphatic carbocycles. The number of rotatable bonds is 5. The van der Waals surface area contributed by atoms with Gasteiger partial charge < -0.3 is 15.3 Å². The Bertz CT molecular complexity index is 65.3. The van der Waals surface area contributed by atoms with E-state index in [-0.39, 0.29) is 13.0 Å². The highest BCUT2D eigenvalue weighted by Gasteiger charge is 2.13. The first kappa shape index (κ1) is 9.88. The van der Waals surface area contributed by atoms with Gasteiger partial charge in [-0.25, -0.2) is 0 Å². The fourth-order valence-corrected chi connectivity index (χ4v) is 0.813. The van der Waals surface area contributed by atoms with Crippen molar-refractivity contribution in [1.29, 1.82) is 0 Å². The van der Waals surface area contributed by atoms with Crippen molar-refractivity contribution in [1.82, 2.24) is 0 Å². The van der Waals surface area contributed by atoms with E-state index in [9.17, 15) is 0 Å². The van der Waals surface area contributed by atoms with Crippen LogP contribution in [0, 0.1) is 0 Å². The summed E-state index contributed by atoms with van der Waals surface area (Å²) in [6.45, 7) is 1.87. The lowest BCUT2D eigenvalue weighted by molar-refractivity contribution is 0.000855. The first-order chi connectivity index (χ1) is 4.72.